The second-order valence-corrected chi connectivity index (χ2v) is 7.89. The van der Waals surface area contributed by atoms with Crippen molar-refractivity contribution < 1.29 is 91.9 Å². The van der Waals surface area contributed by atoms with E-state index in [2.05, 4.69) is 6.58 Å². The molecule has 26 heavy (non-hydrogen) atoms. The van der Waals surface area contributed by atoms with E-state index in [0.29, 0.717) is 12.8 Å². The predicted octanol–water partition coefficient (Wildman–Crippen LogP) is -5.55. The molecule has 140 valence electrons. The zero-order valence-electron chi connectivity index (χ0n) is 16.2. The molecule has 0 spiro atoms. The minimum Gasteiger partial charge on any atom is -0.550 e. The number of hydrogen-bond acceptors (Lipinski definition) is 6. The molecule has 0 amide bonds. The second-order valence-electron chi connectivity index (χ2n) is 6.21. The molecule has 2 atom stereocenters. The molecule has 0 aromatic carbocycles. The Labute approximate surface area is 200 Å². The molecule has 2 unspecified atom stereocenters. The Balaban J connectivity index is -0.00000264. The number of rotatable bonds is 13. The molecule has 0 saturated carbocycles. The molecule has 0 aliphatic rings. The topological polar surface area (TPSA) is 135 Å². The van der Waals surface area contributed by atoms with Gasteiger partial charge in [-0.1, -0.05) is 51.0 Å². The summed E-state index contributed by atoms with van der Waals surface area (Å²) >= 11 is 0. The Bertz CT molecular complexity index is 563. The molecule has 0 aliphatic heterocycles. The Morgan fingerprint density at radius 2 is 1.54 bits per heavy atom. The average Bonchev–Trinajstić information content (AvgIpc) is 2.42. The number of unbranched alkanes of at least 4 members (excludes halogenated alkanes) is 5. The average molecular weight is 408 g/mol. The predicted molar refractivity (Wildman–Crippen MR) is 85.2 cm³/mol. The van der Waals surface area contributed by atoms with Crippen molar-refractivity contribution in [3.63, 3.8) is 0 Å². The van der Waals surface area contributed by atoms with E-state index in [1.807, 2.05) is 6.92 Å². The van der Waals surface area contributed by atoms with Gasteiger partial charge in [0.2, 0.25) is 0 Å². The molecule has 0 saturated heterocycles. The molecular formula is C16H26Na2O7S. The maximum atomic E-state index is 11.8. The van der Waals surface area contributed by atoms with Crippen molar-refractivity contribution >= 4 is 22.1 Å². The van der Waals surface area contributed by atoms with Gasteiger partial charge in [0.15, 0.2) is 0 Å². The van der Waals surface area contributed by atoms with Crippen LogP contribution in [0, 0.1) is 5.92 Å². The van der Waals surface area contributed by atoms with E-state index in [1.54, 1.807) is 0 Å². The molecule has 0 radical (unpaired) electrons. The molecule has 0 heterocycles. The van der Waals surface area contributed by atoms with Gasteiger partial charge < -0.3 is 19.8 Å². The Kier molecular flexibility index (Phi) is 17.5. The SMILES string of the molecule is C=C(C)CC(C(=O)[O-])(C(CCCCCCCC)C(=O)[O-])S(=O)(=O)O.[Na+].[Na+]. The maximum absolute atomic E-state index is 11.8. The Hall–Kier alpha value is 0.590. The van der Waals surface area contributed by atoms with Crippen LogP contribution in [-0.2, 0) is 19.7 Å². The summed E-state index contributed by atoms with van der Waals surface area (Å²) in [5, 5.41) is 23.0. The summed E-state index contributed by atoms with van der Waals surface area (Å²) in [6, 6.07) is 0. The summed E-state index contributed by atoms with van der Waals surface area (Å²) in [6.45, 7) is 6.82. The first kappa shape index (κ1) is 31.3. The van der Waals surface area contributed by atoms with Crippen LogP contribution in [0.3, 0.4) is 0 Å². The van der Waals surface area contributed by atoms with Gasteiger partial charge in [-0.3, -0.25) is 4.55 Å². The minimum atomic E-state index is -5.26. The largest absolute Gasteiger partial charge is 1.00 e. The summed E-state index contributed by atoms with van der Waals surface area (Å²) in [6.07, 6.45) is 3.82. The molecule has 0 aromatic heterocycles. The number of hydrogen-bond donors (Lipinski definition) is 1. The molecule has 7 nitrogen and oxygen atoms in total. The number of carboxylic acids is 2. The Morgan fingerprint density at radius 1 is 1.08 bits per heavy atom. The zero-order valence-corrected chi connectivity index (χ0v) is 21.1. The van der Waals surface area contributed by atoms with Crippen LogP contribution in [0.4, 0.5) is 0 Å². The van der Waals surface area contributed by atoms with E-state index >= 15 is 0 Å². The van der Waals surface area contributed by atoms with E-state index in [0.717, 1.165) is 25.7 Å². The summed E-state index contributed by atoms with van der Waals surface area (Å²) in [5.74, 6) is -5.92. The van der Waals surface area contributed by atoms with Crippen molar-refractivity contribution in [2.45, 2.75) is 70.0 Å². The van der Waals surface area contributed by atoms with Crippen LogP contribution in [0.1, 0.15) is 65.2 Å². The monoisotopic (exact) mass is 408 g/mol. The summed E-state index contributed by atoms with van der Waals surface area (Å²) in [4.78, 5) is 23.0. The van der Waals surface area contributed by atoms with E-state index < -0.39 is 39.1 Å². The molecule has 0 aromatic rings. The zero-order chi connectivity index (χ0) is 19.0. The second kappa shape index (κ2) is 14.6. The van der Waals surface area contributed by atoms with Crippen LogP contribution in [-0.4, -0.2) is 29.7 Å². The normalized spacial score (nSPS) is 14.3. The Morgan fingerprint density at radius 3 is 1.88 bits per heavy atom. The van der Waals surface area contributed by atoms with Crippen LogP contribution in [0.5, 0.6) is 0 Å². The smallest absolute Gasteiger partial charge is 0.550 e. The first-order chi connectivity index (χ1) is 11.0. The molecule has 0 rings (SSSR count). The van der Waals surface area contributed by atoms with Gasteiger partial charge in [0.25, 0.3) is 10.1 Å². The van der Waals surface area contributed by atoms with Crippen molar-refractivity contribution in [1.29, 1.82) is 0 Å². The van der Waals surface area contributed by atoms with E-state index in [4.69, 9.17) is 0 Å². The quantitative estimate of drug-likeness (QED) is 0.139. The fourth-order valence-corrected chi connectivity index (χ4v) is 4.05. The molecule has 0 bridgehead atoms. The van der Waals surface area contributed by atoms with Crippen LogP contribution >= 0.6 is 0 Å². The maximum Gasteiger partial charge on any atom is 1.00 e. The van der Waals surface area contributed by atoms with E-state index in [9.17, 15) is 32.8 Å². The van der Waals surface area contributed by atoms with Crippen molar-refractivity contribution in [1.82, 2.24) is 0 Å². The molecule has 0 fully saturated rings. The first-order valence-corrected chi connectivity index (χ1v) is 9.48. The van der Waals surface area contributed by atoms with Gasteiger partial charge in [-0.05, 0) is 19.8 Å². The third kappa shape index (κ3) is 9.19. The van der Waals surface area contributed by atoms with Crippen molar-refractivity contribution in [3.8, 4) is 0 Å². The third-order valence-electron chi connectivity index (χ3n) is 4.06. The van der Waals surface area contributed by atoms with Crippen molar-refractivity contribution in [2.75, 3.05) is 0 Å². The number of aliphatic carboxylic acids is 2. The van der Waals surface area contributed by atoms with Crippen molar-refractivity contribution in [2.24, 2.45) is 5.92 Å². The van der Waals surface area contributed by atoms with Gasteiger partial charge in [0.05, 0.1) is 5.97 Å². The van der Waals surface area contributed by atoms with Gasteiger partial charge >= 0.3 is 59.1 Å². The van der Waals surface area contributed by atoms with Gasteiger partial charge in [-0.2, -0.15) is 8.42 Å². The van der Waals surface area contributed by atoms with Crippen LogP contribution < -0.4 is 69.3 Å². The number of carbonyl (C=O) groups is 2. The fourth-order valence-electron chi connectivity index (χ4n) is 2.83. The van der Waals surface area contributed by atoms with Gasteiger partial charge in [-0.15, -0.1) is 6.58 Å². The van der Waals surface area contributed by atoms with Crippen molar-refractivity contribution in [3.05, 3.63) is 12.2 Å². The molecule has 0 aliphatic carbocycles. The number of carboxylic acid groups (broad SMARTS) is 2. The summed E-state index contributed by atoms with van der Waals surface area (Å²) < 4.78 is 30.0. The third-order valence-corrected chi connectivity index (χ3v) is 5.58. The molecule has 10 heteroatoms. The van der Waals surface area contributed by atoms with Crippen LogP contribution in [0.15, 0.2) is 12.2 Å². The summed E-state index contributed by atoms with van der Waals surface area (Å²) in [5.41, 5.74) is 0.103. The fraction of sp³-hybridized carbons (Fsp3) is 0.750. The van der Waals surface area contributed by atoms with Gasteiger partial charge in [0.1, 0.15) is 4.75 Å². The minimum absolute atomic E-state index is 0. The number of allylic oxidation sites excluding steroid dienone is 1. The summed E-state index contributed by atoms with van der Waals surface area (Å²) in [7, 11) is -5.26. The van der Waals surface area contributed by atoms with Crippen LogP contribution in [0.25, 0.3) is 0 Å². The van der Waals surface area contributed by atoms with Crippen LogP contribution in [0.2, 0.25) is 0 Å². The molecule has 1 N–H and O–H groups in total. The standard InChI is InChI=1S/C16H28O7S.2Na/c1-4-5-6-7-8-9-10-13(14(17)18)16(15(19)20,11-12(2)3)24(21,22)23;;/h13H,2,4-11H2,1,3H3,(H,17,18)(H,19,20)(H,21,22,23);;/q;2*+1/p-2. The first-order valence-electron chi connectivity index (χ1n) is 8.04. The molecular weight excluding hydrogens is 382 g/mol. The van der Waals surface area contributed by atoms with Gasteiger partial charge in [-0.25, -0.2) is 0 Å². The van der Waals surface area contributed by atoms with Gasteiger partial charge in [0, 0.05) is 11.9 Å². The number of carbonyl (C=O) groups excluding carboxylic acids is 2. The van der Waals surface area contributed by atoms with E-state index in [-0.39, 0.29) is 71.1 Å². The van der Waals surface area contributed by atoms with E-state index in [1.165, 1.54) is 6.92 Å².